The van der Waals surface area contributed by atoms with Crippen molar-refractivity contribution in [3.63, 3.8) is 0 Å². The molecule has 0 bridgehead atoms. The van der Waals surface area contributed by atoms with Gasteiger partial charge in [-0.3, -0.25) is 0 Å². The second kappa shape index (κ2) is 6.40. The zero-order chi connectivity index (χ0) is 12.0. The number of halogens is 2. The first-order valence-corrected chi connectivity index (χ1v) is 5.00. The monoisotopic (exact) mass is 231 g/mol. The van der Waals surface area contributed by atoms with E-state index in [1.165, 1.54) is 6.07 Å². The van der Waals surface area contributed by atoms with Crippen molar-refractivity contribution in [1.29, 1.82) is 0 Å². The largest absolute Gasteiger partial charge is 0.434 e. The Balaban J connectivity index is 2.63. The molecule has 0 unspecified atom stereocenters. The Morgan fingerprint density at radius 1 is 1.38 bits per heavy atom. The number of para-hydroxylation sites is 1. The maximum Gasteiger partial charge on any atom is 0.387 e. The summed E-state index contributed by atoms with van der Waals surface area (Å²) in [6.07, 6.45) is 0. The average molecular weight is 231 g/mol. The summed E-state index contributed by atoms with van der Waals surface area (Å²) in [6.45, 7) is -0.643. The van der Waals surface area contributed by atoms with Crippen LogP contribution in [0.2, 0.25) is 0 Å². The molecule has 0 saturated heterocycles. The van der Waals surface area contributed by atoms with E-state index in [9.17, 15) is 8.78 Å². The fourth-order valence-electron chi connectivity index (χ4n) is 1.21. The lowest BCUT2D eigenvalue weighted by molar-refractivity contribution is -0.0505. The van der Waals surface area contributed by atoms with Gasteiger partial charge in [-0.05, 0) is 13.0 Å². The third-order valence-corrected chi connectivity index (χ3v) is 2.10. The van der Waals surface area contributed by atoms with Gasteiger partial charge < -0.3 is 15.2 Å². The zero-order valence-corrected chi connectivity index (χ0v) is 8.99. The highest BCUT2D eigenvalue weighted by Gasteiger charge is 2.09. The van der Waals surface area contributed by atoms with Gasteiger partial charge in [0.1, 0.15) is 5.75 Å². The minimum Gasteiger partial charge on any atom is -0.434 e. The van der Waals surface area contributed by atoms with Crippen LogP contribution in [-0.4, -0.2) is 24.4 Å². The molecular formula is C11H15F2NO2. The van der Waals surface area contributed by atoms with Crippen molar-refractivity contribution in [1.82, 2.24) is 5.32 Å². The number of hydrogen-bond acceptors (Lipinski definition) is 3. The van der Waals surface area contributed by atoms with E-state index in [4.69, 9.17) is 5.11 Å². The van der Waals surface area contributed by atoms with Gasteiger partial charge >= 0.3 is 6.61 Å². The number of rotatable bonds is 6. The molecule has 90 valence electrons. The summed E-state index contributed by atoms with van der Waals surface area (Å²) in [6, 6.07) is 6.50. The SMILES string of the molecule is C[C@@H](CO)NCc1ccccc1OC(F)F. The molecule has 1 atom stereocenters. The molecule has 0 saturated carbocycles. The molecule has 0 radical (unpaired) electrons. The second-order valence-electron chi connectivity index (χ2n) is 3.45. The number of aliphatic hydroxyl groups is 1. The maximum absolute atomic E-state index is 12.1. The van der Waals surface area contributed by atoms with Crippen molar-refractivity contribution in [2.45, 2.75) is 26.1 Å². The molecular weight excluding hydrogens is 216 g/mol. The Morgan fingerprint density at radius 3 is 2.69 bits per heavy atom. The lowest BCUT2D eigenvalue weighted by atomic mass is 10.2. The first-order chi connectivity index (χ1) is 7.63. The van der Waals surface area contributed by atoms with Gasteiger partial charge in [0.2, 0.25) is 0 Å². The van der Waals surface area contributed by atoms with Gasteiger partial charge in [-0.1, -0.05) is 18.2 Å². The standard InChI is InChI=1S/C11H15F2NO2/c1-8(7-15)14-6-9-4-2-3-5-10(9)16-11(12)13/h2-5,8,11,14-15H,6-7H2,1H3/t8-/m0/s1. The van der Waals surface area contributed by atoms with E-state index in [0.717, 1.165) is 0 Å². The third-order valence-electron chi connectivity index (χ3n) is 2.10. The van der Waals surface area contributed by atoms with Gasteiger partial charge in [0.25, 0.3) is 0 Å². The number of benzene rings is 1. The molecule has 2 N–H and O–H groups in total. The summed E-state index contributed by atoms with van der Waals surface area (Å²) in [7, 11) is 0. The molecule has 0 aromatic heterocycles. The molecule has 0 spiro atoms. The van der Waals surface area contributed by atoms with Crippen LogP contribution in [0.25, 0.3) is 0 Å². The van der Waals surface area contributed by atoms with E-state index in [1.54, 1.807) is 25.1 Å². The molecule has 0 aliphatic heterocycles. The summed E-state index contributed by atoms with van der Waals surface area (Å²) in [4.78, 5) is 0. The highest BCUT2D eigenvalue weighted by molar-refractivity contribution is 5.33. The van der Waals surface area contributed by atoms with Crippen LogP contribution in [0.4, 0.5) is 8.78 Å². The van der Waals surface area contributed by atoms with E-state index in [0.29, 0.717) is 12.1 Å². The summed E-state index contributed by atoms with van der Waals surface area (Å²) in [5.74, 6) is 0.162. The van der Waals surface area contributed by atoms with Gasteiger partial charge in [0.15, 0.2) is 0 Å². The van der Waals surface area contributed by atoms with Crippen LogP contribution in [0, 0.1) is 0 Å². The van der Waals surface area contributed by atoms with E-state index < -0.39 is 6.61 Å². The maximum atomic E-state index is 12.1. The van der Waals surface area contributed by atoms with E-state index in [-0.39, 0.29) is 18.4 Å². The highest BCUT2D eigenvalue weighted by Crippen LogP contribution is 2.19. The first kappa shape index (κ1) is 12.9. The third kappa shape index (κ3) is 4.12. The van der Waals surface area contributed by atoms with Gasteiger partial charge in [-0.15, -0.1) is 0 Å². The van der Waals surface area contributed by atoms with Crippen LogP contribution in [0.1, 0.15) is 12.5 Å². The van der Waals surface area contributed by atoms with Crippen molar-refractivity contribution in [2.24, 2.45) is 0 Å². The molecule has 1 aromatic rings. The number of alkyl halides is 2. The zero-order valence-electron chi connectivity index (χ0n) is 8.99. The molecule has 0 amide bonds. The molecule has 1 aromatic carbocycles. The van der Waals surface area contributed by atoms with Gasteiger partial charge in [0.05, 0.1) is 6.61 Å². The molecule has 0 fully saturated rings. The lowest BCUT2D eigenvalue weighted by Crippen LogP contribution is -2.28. The average Bonchev–Trinajstić information content (AvgIpc) is 2.26. The first-order valence-electron chi connectivity index (χ1n) is 5.00. The second-order valence-corrected chi connectivity index (χ2v) is 3.45. The number of aliphatic hydroxyl groups excluding tert-OH is 1. The predicted molar refractivity (Wildman–Crippen MR) is 56.5 cm³/mol. The van der Waals surface area contributed by atoms with Crippen molar-refractivity contribution in [3.05, 3.63) is 29.8 Å². The smallest absolute Gasteiger partial charge is 0.387 e. The Bertz CT molecular complexity index is 321. The van der Waals surface area contributed by atoms with Crippen LogP contribution in [0.5, 0.6) is 5.75 Å². The van der Waals surface area contributed by atoms with E-state index in [1.807, 2.05) is 0 Å². The summed E-state index contributed by atoms with van der Waals surface area (Å²) >= 11 is 0. The summed E-state index contributed by atoms with van der Waals surface area (Å²) in [5, 5.41) is 11.8. The topological polar surface area (TPSA) is 41.5 Å². The Morgan fingerprint density at radius 2 is 2.06 bits per heavy atom. The molecule has 3 nitrogen and oxygen atoms in total. The lowest BCUT2D eigenvalue weighted by Gasteiger charge is -2.14. The number of ether oxygens (including phenoxy) is 1. The van der Waals surface area contributed by atoms with Gasteiger partial charge in [-0.25, -0.2) is 0 Å². The van der Waals surface area contributed by atoms with Crippen LogP contribution in [0.3, 0.4) is 0 Å². The van der Waals surface area contributed by atoms with Crippen molar-refractivity contribution in [3.8, 4) is 5.75 Å². The minimum absolute atomic E-state index is 0.00211. The molecule has 1 rings (SSSR count). The molecule has 0 aliphatic carbocycles. The Labute approximate surface area is 93.0 Å². The minimum atomic E-state index is -2.82. The highest BCUT2D eigenvalue weighted by atomic mass is 19.3. The van der Waals surface area contributed by atoms with Gasteiger partial charge in [0, 0.05) is 18.2 Å². The van der Waals surface area contributed by atoms with Crippen molar-refractivity contribution < 1.29 is 18.6 Å². The van der Waals surface area contributed by atoms with Crippen LogP contribution in [-0.2, 0) is 6.54 Å². The van der Waals surface area contributed by atoms with Crippen LogP contribution < -0.4 is 10.1 Å². The summed E-state index contributed by atoms with van der Waals surface area (Å²) in [5.41, 5.74) is 0.642. The summed E-state index contributed by atoms with van der Waals surface area (Å²) < 4.78 is 28.5. The fourth-order valence-corrected chi connectivity index (χ4v) is 1.21. The van der Waals surface area contributed by atoms with Crippen molar-refractivity contribution >= 4 is 0 Å². The molecule has 16 heavy (non-hydrogen) atoms. The molecule has 0 aliphatic rings. The van der Waals surface area contributed by atoms with Gasteiger partial charge in [-0.2, -0.15) is 8.78 Å². The van der Waals surface area contributed by atoms with Crippen LogP contribution in [0.15, 0.2) is 24.3 Å². The molecule has 5 heteroatoms. The number of nitrogens with one attached hydrogen (secondary N) is 1. The normalized spacial score (nSPS) is 12.8. The molecule has 0 heterocycles. The van der Waals surface area contributed by atoms with Crippen molar-refractivity contribution in [2.75, 3.05) is 6.61 Å². The van der Waals surface area contributed by atoms with E-state index in [2.05, 4.69) is 10.1 Å². The Hall–Kier alpha value is -1.20. The number of hydrogen-bond donors (Lipinski definition) is 2. The fraction of sp³-hybridized carbons (Fsp3) is 0.455. The van der Waals surface area contributed by atoms with Crippen LogP contribution >= 0.6 is 0 Å². The van der Waals surface area contributed by atoms with E-state index >= 15 is 0 Å². The predicted octanol–water partition coefficient (Wildman–Crippen LogP) is 1.76. The Kier molecular flexibility index (Phi) is 5.14. The quantitative estimate of drug-likeness (QED) is 0.783.